The number of piperidine rings is 2. The maximum absolute atomic E-state index is 12.1. The van der Waals surface area contributed by atoms with E-state index in [1.165, 1.54) is 19.4 Å². The molecule has 0 aromatic carbocycles. The second-order valence-electron chi connectivity index (χ2n) is 5.53. The second-order valence-corrected chi connectivity index (χ2v) is 5.53. The highest BCUT2D eigenvalue weighted by molar-refractivity contribution is 5.76. The highest BCUT2D eigenvalue weighted by Gasteiger charge is 2.35. The van der Waals surface area contributed by atoms with Crippen LogP contribution in [0.5, 0.6) is 0 Å². The molecule has 2 aliphatic rings. The third kappa shape index (κ3) is 3.23. The lowest BCUT2D eigenvalue weighted by Crippen LogP contribution is -2.54. The van der Waals surface area contributed by atoms with Gasteiger partial charge in [0.15, 0.2) is 0 Å². The van der Waals surface area contributed by atoms with Crippen molar-refractivity contribution in [2.24, 2.45) is 5.92 Å². The molecule has 0 radical (unpaired) electrons. The lowest BCUT2D eigenvalue weighted by Gasteiger charge is -2.46. The zero-order chi connectivity index (χ0) is 13.0. The van der Waals surface area contributed by atoms with E-state index in [-0.39, 0.29) is 5.91 Å². The highest BCUT2D eigenvalue weighted by atomic mass is 16.5. The third-order valence-electron chi connectivity index (χ3n) is 4.36. The molecule has 104 valence electrons. The van der Waals surface area contributed by atoms with Crippen LogP contribution in [0.4, 0.5) is 0 Å². The van der Waals surface area contributed by atoms with E-state index in [1.54, 1.807) is 0 Å². The Morgan fingerprint density at radius 2 is 2.17 bits per heavy atom. The van der Waals surface area contributed by atoms with Crippen molar-refractivity contribution in [2.75, 3.05) is 39.9 Å². The highest BCUT2D eigenvalue weighted by Crippen LogP contribution is 2.29. The maximum atomic E-state index is 12.1. The third-order valence-corrected chi connectivity index (χ3v) is 4.36. The molecular weight excluding hydrogens is 228 g/mol. The summed E-state index contributed by atoms with van der Waals surface area (Å²) >= 11 is 0. The smallest absolute Gasteiger partial charge is 0.224 e. The molecule has 2 rings (SSSR count). The van der Waals surface area contributed by atoms with Crippen LogP contribution in [0.1, 0.15) is 32.6 Å². The van der Waals surface area contributed by atoms with Gasteiger partial charge in [0, 0.05) is 25.7 Å². The summed E-state index contributed by atoms with van der Waals surface area (Å²) in [6, 6.07) is 0.703. The predicted octanol–water partition coefficient (Wildman–Crippen LogP) is 1.36. The molecule has 0 aliphatic carbocycles. The number of hydrogen-bond acceptors (Lipinski definition) is 3. The van der Waals surface area contributed by atoms with E-state index in [4.69, 9.17) is 4.74 Å². The molecular formula is C14H26N2O2. The number of amides is 1. The standard InChI is InChI=1S/C14H26N2O2/c1-3-18-10-7-14(17)16-9-6-13-12(11-16)5-4-8-15(13)2/h12-13H,3-11H2,1-2H3/t12-,13-/m0/s1. The summed E-state index contributed by atoms with van der Waals surface area (Å²) in [5.41, 5.74) is 0. The average molecular weight is 254 g/mol. The Kier molecular flexibility index (Phi) is 5.01. The first kappa shape index (κ1) is 13.8. The van der Waals surface area contributed by atoms with E-state index in [1.807, 2.05) is 6.92 Å². The fourth-order valence-corrected chi connectivity index (χ4v) is 3.34. The van der Waals surface area contributed by atoms with Gasteiger partial charge in [-0.3, -0.25) is 4.79 Å². The lowest BCUT2D eigenvalue weighted by molar-refractivity contribution is -0.135. The van der Waals surface area contributed by atoms with Crippen LogP contribution in [-0.4, -0.2) is 61.6 Å². The van der Waals surface area contributed by atoms with Gasteiger partial charge in [0.25, 0.3) is 0 Å². The Bertz CT molecular complexity index is 283. The summed E-state index contributed by atoms with van der Waals surface area (Å²) in [5, 5.41) is 0. The summed E-state index contributed by atoms with van der Waals surface area (Å²) in [6.07, 6.45) is 4.24. The van der Waals surface area contributed by atoms with Gasteiger partial charge in [-0.1, -0.05) is 0 Å². The van der Waals surface area contributed by atoms with Gasteiger partial charge in [0.05, 0.1) is 13.0 Å². The van der Waals surface area contributed by atoms with Gasteiger partial charge >= 0.3 is 0 Å². The zero-order valence-corrected chi connectivity index (χ0v) is 11.7. The first-order chi connectivity index (χ1) is 8.72. The largest absolute Gasteiger partial charge is 0.381 e. The molecule has 0 unspecified atom stereocenters. The van der Waals surface area contributed by atoms with Crippen LogP contribution in [-0.2, 0) is 9.53 Å². The van der Waals surface area contributed by atoms with E-state index in [2.05, 4.69) is 16.8 Å². The van der Waals surface area contributed by atoms with E-state index < -0.39 is 0 Å². The number of hydrogen-bond donors (Lipinski definition) is 0. The van der Waals surface area contributed by atoms with Gasteiger partial charge in [0.1, 0.15) is 0 Å². The second kappa shape index (κ2) is 6.53. The van der Waals surface area contributed by atoms with Crippen LogP contribution >= 0.6 is 0 Å². The fraction of sp³-hybridized carbons (Fsp3) is 0.929. The first-order valence-electron chi connectivity index (χ1n) is 7.28. The topological polar surface area (TPSA) is 32.8 Å². The van der Waals surface area contributed by atoms with Gasteiger partial charge in [-0.15, -0.1) is 0 Å². The maximum Gasteiger partial charge on any atom is 0.224 e. The molecule has 0 bridgehead atoms. The molecule has 0 saturated carbocycles. The Hall–Kier alpha value is -0.610. The minimum absolute atomic E-state index is 0.273. The lowest BCUT2D eigenvalue weighted by atomic mass is 9.84. The number of nitrogens with zero attached hydrogens (tertiary/aromatic N) is 2. The van der Waals surface area contributed by atoms with Crippen LogP contribution in [0.3, 0.4) is 0 Å². The minimum Gasteiger partial charge on any atom is -0.381 e. The van der Waals surface area contributed by atoms with Gasteiger partial charge < -0.3 is 14.5 Å². The molecule has 0 aromatic heterocycles. The normalized spacial score (nSPS) is 29.1. The van der Waals surface area contributed by atoms with Crippen molar-refractivity contribution in [2.45, 2.75) is 38.6 Å². The summed E-state index contributed by atoms with van der Waals surface area (Å²) in [7, 11) is 2.23. The van der Waals surface area contributed by atoms with Crippen LogP contribution in [0.25, 0.3) is 0 Å². The summed E-state index contributed by atoms with van der Waals surface area (Å²) in [6.45, 7) is 6.34. The SMILES string of the molecule is CCOCCC(=O)N1CC[C@H]2[C@@H](CCCN2C)C1. The van der Waals surface area contributed by atoms with E-state index in [0.29, 0.717) is 31.6 Å². The van der Waals surface area contributed by atoms with Crippen molar-refractivity contribution >= 4 is 5.91 Å². The van der Waals surface area contributed by atoms with E-state index >= 15 is 0 Å². The van der Waals surface area contributed by atoms with Gasteiger partial charge in [-0.05, 0) is 45.7 Å². The zero-order valence-electron chi connectivity index (χ0n) is 11.7. The van der Waals surface area contributed by atoms with Crippen molar-refractivity contribution in [3.63, 3.8) is 0 Å². The molecule has 2 saturated heterocycles. The summed E-state index contributed by atoms with van der Waals surface area (Å²) in [5.74, 6) is 0.962. The molecule has 2 fully saturated rings. The molecule has 2 atom stereocenters. The number of ether oxygens (including phenoxy) is 1. The van der Waals surface area contributed by atoms with Gasteiger partial charge in [-0.2, -0.15) is 0 Å². The molecule has 1 amide bonds. The summed E-state index contributed by atoms with van der Waals surface area (Å²) in [4.78, 5) is 16.6. The van der Waals surface area contributed by atoms with E-state index in [9.17, 15) is 4.79 Å². The number of likely N-dealkylation sites (tertiary alicyclic amines) is 2. The van der Waals surface area contributed by atoms with Crippen LogP contribution in [0, 0.1) is 5.92 Å². The summed E-state index contributed by atoms with van der Waals surface area (Å²) < 4.78 is 5.26. The number of rotatable bonds is 4. The van der Waals surface area contributed by atoms with Gasteiger partial charge in [-0.25, -0.2) is 0 Å². The molecule has 18 heavy (non-hydrogen) atoms. The fourth-order valence-electron chi connectivity index (χ4n) is 3.34. The molecule has 2 aliphatic heterocycles. The van der Waals surface area contributed by atoms with Crippen molar-refractivity contribution in [1.82, 2.24) is 9.80 Å². The van der Waals surface area contributed by atoms with Crippen molar-refractivity contribution in [3.05, 3.63) is 0 Å². The minimum atomic E-state index is 0.273. The predicted molar refractivity (Wildman–Crippen MR) is 71.4 cm³/mol. The molecule has 0 aromatic rings. The number of carbonyl (C=O) groups is 1. The number of fused-ring (bicyclic) bond motifs is 1. The van der Waals surface area contributed by atoms with Crippen LogP contribution in [0.2, 0.25) is 0 Å². The Morgan fingerprint density at radius 1 is 1.33 bits per heavy atom. The van der Waals surface area contributed by atoms with Crippen molar-refractivity contribution in [1.29, 1.82) is 0 Å². The van der Waals surface area contributed by atoms with Crippen molar-refractivity contribution < 1.29 is 9.53 Å². The molecule has 0 spiro atoms. The first-order valence-corrected chi connectivity index (χ1v) is 7.28. The van der Waals surface area contributed by atoms with Gasteiger partial charge in [0.2, 0.25) is 5.91 Å². The Balaban J connectivity index is 1.81. The number of carbonyl (C=O) groups excluding carboxylic acids is 1. The molecule has 0 N–H and O–H groups in total. The Morgan fingerprint density at radius 3 is 2.94 bits per heavy atom. The van der Waals surface area contributed by atoms with Crippen molar-refractivity contribution in [3.8, 4) is 0 Å². The molecule has 4 heteroatoms. The van der Waals surface area contributed by atoms with E-state index in [0.717, 1.165) is 19.5 Å². The Labute approximate surface area is 110 Å². The quantitative estimate of drug-likeness (QED) is 0.710. The average Bonchev–Trinajstić information content (AvgIpc) is 2.39. The van der Waals surface area contributed by atoms with Crippen LogP contribution < -0.4 is 0 Å². The molecule has 2 heterocycles. The monoisotopic (exact) mass is 254 g/mol. The molecule has 4 nitrogen and oxygen atoms in total. The van der Waals surface area contributed by atoms with Crippen LogP contribution in [0.15, 0.2) is 0 Å².